The first kappa shape index (κ1) is 15.7. The second-order valence-electron chi connectivity index (χ2n) is 6.72. The van der Waals surface area contributed by atoms with E-state index in [-0.39, 0.29) is 58.5 Å². The Kier molecular flexibility index (Phi) is 3.85. The monoisotopic (exact) mass is 362 g/mol. The van der Waals surface area contributed by atoms with Crippen molar-refractivity contribution in [1.29, 1.82) is 0 Å². The molecule has 0 spiro atoms. The molecule has 0 aromatic rings. The van der Waals surface area contributed by atoms with Crippen LogP contribution >= 0.6 is 11.8 Å². The first-order valence-corrected chi connectivity index (χ1v) is 10.8. The summed E-state index contributed by atoms with van der Waals surface area (Å²) in [6, 6.07) is 0. The fourth-order valence-electron chi connectivity index (χ4n) is 4.08. The number of hydrogen-bond donors (Lipinski definition) is 1. The summed E-state index contributed by atoms with van der Waals surface area (Å²) in [4.78, 5) is 25.4. The van der Waals surface area contributed by atoms with Gasteiger partial charge in [-0.2, -0.15) is 0 Å². The van der Waals surface area contributed by atoms with Gasteiger partial charge in [0.1, 0.15) is 19.3 Å². The maximum absolute atomic E-state index is 12.4. The van der Waals surface area contributed by atoms with Gasteiger partial charge in [0.25, 0.3) is 0 Å². The summed E-state index contributed by atoms with van der Waals surface area (Å²) in [6.45, 7) is 2.03. The molecule has 0 aromatic carbocycles. The number of sulfone groups is 1. The smallest absolute Gasteiger partial charge is 0.311 e. The van der Waals surface area contributed by atoms with Gasteiger partial charge in [-0.15, -0.1) is 11.8 Å². The number of esters is 2. The van der Waals surface area contributed by atoms with Crippen molar-refractivity contribution < 1.29 is 32.4 Å². The van der Waals surface area contributed by atoms with Gasteiger partial charge in [-0.1, -0.05) is 0 Å². The molecule has 4 saturated heterocycles. The highest BCUT2D eigenvalue weighted by Gasteiger charge is 2.65. The van der Waals surface area contributed by atoms with Gasteiger partial charge in [-0.25, -0.2) is 8.42 Å². The molecule has 0 amide bonds. The van der Waals surface area contributed by atoms with Crippen LogP contribution in [0.3, 0.4) is 0 Å². The maximum Gasteiger partial charge on any atom is 0.311 e. The lowest BCUT2D eigenvalue weighted by Crippen LogP contribution is -3.14. The first-order chi connectivity index (χ1) is 10.9. The summed E-state index contributed by atoms with van der Waals surface area (Å²) < 4.78 is 33.5. The van der Waals surface area contributed by atoms with Crippen LogP contribution in [0.25, 0.3) is 0 Å². The number of nitrogens with one attached hydrogen (secondary N) is 1. The van der Waals surface area contributed by atoms with Gasteiger partial charge in [0.05, 0.1) is 41.7 Å². The summed E-state index contributed by atoms with van der Waals surface area (Å²) in [5.74, 6) is -0.835. The number of hydrogen-bond acceptors (Lipinski definition) is 7. The van der Waals surface area contributed by atoms with Crippen LogP contribution in [0.2, 0.25) is 0 Å². The summed E-state index contributed by atoms with van der Waals surface area (Å²) in [6.07, 6.45) is 0.748. The molecule has 2 bridgehead atoms. The van der Waals surface area contributed by atoms with Gasteiger partial charge in [0.2, 0.25) is 0 Å². The molecule has 4 aliphatic rings. The Morgan fingerprint density at radius 1 is 1.35 bits per heavy atom. The molecule has 5 atom stereocenters. The molecule has 0 saturated carbocycles. The van der Waals surface area contributed by atoms with E-state index >= 15 is 0 Å². The largest absolute Gasteiger partial charge is 0.461 e. The van der Waals surface area contributed by atoms with Crippen molar-refractivity contribution in [2.45, 2.75) is 23.0 Å². The zero-order valence-electron chi connectivity index (χ0n) is 12.6. The molecule has 0 radical (unpaired) electrons. The second-order valence-corrected chi connectivity index (χ2v) is 10.4. The Morgan fingerprint density at radius 2 is 2.09 bits per heavy atom. The molecule has 4 heterocycles. The lowest BCUT2D eigenvalue weighted by molar-refractivity contribution is -0.896. The van der Waals surface area contributed by atoms with E-state index < -0.39 is 9.84 Å². The van der Waals surface area contributed by atoms with Gasteiger partial charge >= 0.3 is 11.9 Å². The number of carbonyl (C=O) groups is 2. The number of thioether (sulfide) groups is 1. The third-order valence-corrected chi connectivity index (χ3v) is 8.75. The molecular weight excluding hydrogens is 342 g/mol. The SMILES string of the molecule is O=C(OCC[NH+]1CCS(=O)(=O)CC1)C1C2CC3OC(=O)C1C3S2. The quantitative estimate of drug-likeness (QED) is 0.572. The minimum atomic E-state index is -2.87. The molecule has 9 heteroatoms. The predicted octanol–water partition coefficient (Wildman–Crippen LogP) is -2.11. The molecule has 7 nitrogen and oxygen atoms in total. The average molecular weight is 362 g/mol. The zero-order valence-corrected chi connectivity index (χ0v) is 14.2. The van der Waals surface area contributed by atoms with E-state index in [9.17, 15) is 18.0 Å². The molecule has 1 N–H and O–H groups in total. The Hall–Kier alpha value is -0.800. The highest BCUT2D eigenvalue weighted by Crippen LogP contribution is 2.58. The topological polar surface area (TPSA) is 91.2 Å². The highest BCUT2D eigenvalue weighted by atomic mass is 32.2. The lowest BCUT2D eigenvalue weighted by atomic mass is 9.80. The van der Waals surface area contributed by atoms with Gasteiger partial charge in [-0.05, 0) is 6.42 Å². The van der Waals surface area contributed by atoms with Crippen molar-refractivity contribution in [3.05, 3.63) is 0 Å². The fourth-order valence-corrected chi connectivity index (χ4v) is 7.43. The van der Waals surface area contributed by atoms with Crippen LogP contribution in [-0.4, -0.2) is 74.7 Å². The van der Waals surface area contributed by atoms with E-state index in [1.54, 1.807) is 11.8 Å². The van der Waals surface area contributed by atoms with Crippen LogP contribution < -0.4 is 4.90 Å². The third kappa shape index (κ3) is 2.76. The number of quaternary nitrogens is 1. The lowest BCUT2D eigenvalue weighted by Gasteiger charge is -2.24. The predicted molar refractivity (Wildman–Crippen MR) is 81.8 cm³/mol. The molecule has 5 unspecified atom stereocenters. The van der Waals surface area contributed by atoms with Crippen molar-refractivity contribution in [2.24, 2.45) is 11.8 Å². The summed E-state index contributed by atoms with van der Waals surface area (Å²) in [5, 5.41) is 0.268. The van der Waals surface area contributed by atoms with Gasteiger partial charge < -0.3 is 14.4 Å². The number of ether oxygens (including phenoxy) is 2. The van der Waals surface area contributed by atoms with Crippen molar-refractivity contribution in [3.8, 4) is 0 Å². The van der Waals surface area contributed by atoms with Gasteiger partial charge in [0, 0.05) is 5.25 Å². The molecule has 4 fully saturated rings. The average Bonchev–Trinajstić information content (AvgIpc) is 3.10. The first-order valence-electron chi connectivity index (χ1n) is 8.01. The van der Waals surface area contributed by atoms with E-state index in [0.29, 0.717) is 19.6 Å². The van der Waals surface area contributed by atoms with Crippen LogP contribution in [0.1, 0.15) is 6.42 Å². The second kappa shape index (κ2) is 5.63. The maximum atomic E-state index is 12.4. The molecule has 23 heavy (non-hydrogen) atoms. The number of rotatable bonds is 4. The molecule has 0 aromatic heterocycles. The molecule has 0 aliphatic carbocycles. The summed E-state index contributed by atoms with van der Waals surface area (Å²) in [5.41, 5.74) is 0. The minimum Gasteiger partial charge on any atom is -0.461 e. The van der Waals surface area contributed by atoms with E-state index in [2.05, 4.69) is 0 Å². The van der Waals surface area contributed by atoms with E-state index in [0.717, 1.165) is 11.3 Å². The normalized spacial score (nSPS) is 41.0. The Labute approximate surface area is 139 Å². The van der Waals surface area contributed by atoms with Gasteiger partial charge in [-0.3, -0.25) is 9.59 Å². The molecule has 4 aliphatic heterocycles. The minimum absolute atomic E-state index is 0.00806. The van der Waals surface area contributed by atoms with Crippen LogP contribution in [0.15, 0.2) is 0 Å². The Bertz CT molecular complexity index is 619. The number of carbonyl (C=O) groups excluding carboxylic acids is 2. The highest BCUT2D eigenvalue weighted by molar-refractivity contribution is 8.01. The number of fused-ring (bicyclic) bond motifs is 1. The van der Waals surface area contributed by atoms with E-state index in [1.165, 1.54) is 0 Å². The van der Waals surface area contributed by atoms with Crippen molar-refractivity contribution in [3.63, 3.8) is 0 Å². The standard InChI is InChI=1S/C14H19NO6S2/c16-13(20-4-1-15-2-5-23(18,19)6-3-15)10-9-7-8-12(22-9)11(10)14(17)21-8/h8-12H,1-7H2/p+1. The summed E-state index contributed by atoms with van der Waals surface area (Å²) >= 11 is 1.69. The van der Waals surface area contributed by atoms with Crippen LogP contribution in [0, 0.1) is 11.8 Å². The fraction of sp³-hybridized carbons (Fsp3) is 0.857. The van der Waals surface area contributed by atoms with E-state index in [4.69, 9.17) is 9.47 Å². The Morgan fingerprint density at radius 3 is 2.83 bits per heavy atom. The van der Waals surface area contributed by atoms with Crippen LogP contribution in [0.5, 0.6) is 0 Å². The van der Waals surface area contributed by atoms with Crippen molar-refractivity contribution in [2.75, 3.05) is 37.7 Å². The van der Waals surface area contributed by atoms with E-state index in [1.807, 2.05) is 0 Å². The van der Waals surface area contributed by atoms with Crippen molar-refractivity contribution in [1.82, 2.24) is 0 Å². The Balaban J connectivity index is 1.27. The molecule has 4 rings (SSSR count). The molecular formula is C14H20NO6S2+. The van der Waals surface area contributed by atoms with Gasteiger partial charge in [0.15, 0.2) is 9.84 Å². The zero-order chi connectivity index (χ0) is 16.2. The summed E-state index contributed by atoms with van der Waals surface area (Å²) in [7, 11) is -2.87. The molecule has 128 valence electrons. The third-order valence-electron chi connectivity index (χ3n) is 5.35. The van der Waals surface area contributed by atoms with Crippen molar-refractivity contribution >= 4 is 33.5 Å². The van der Waals surface area contributed by atoms with Crippen LogP contribution in [0.4, 0.5) is 0 Å². The van der Waals surface area contributed by atoms with Crippen LogP contribution in [-0.2, 0) is 28.9 Å².